The Morgan fingerprint density at radius 1 is 1.11 bits per heavy atom. The maximum Gasteiger partial charge on any atom is 0.416 e. The highest BCUT2D eigenvalue weighted by atomic mass is 19.4. The van der Waals surface area contributed by atoms with Crippen LogP contribution in [0.3, 0.4) is 0 Å². The Labute approximate surface area is 206 Å². The molecule has 2 aliphatic heterocycles. The summed E-state index contributed by atoms with van der Waals surface area (Å²) in [6.45, 7) is 1.22. The number of alkyl halides is 3. The normalized spacial score (nSPS) is 27.5. The maximum atomic E-state index is 14.1. The highest BCUT2D eigenvalue weighted by molar-refractivity contribution is 6.00. The van der Waals surface area contributed by atoms with Crippen LogP contribution in [0, 0.1) is 0 Å². The van der Waals surface area contributed by atoms with Crippen molar-refractivity contribution in [3.05, 3.63) is 100 Å². The first kappa shape index (κ1) is 24.0. The third-order valence-electron chi connectivity index (χ3n) is 6.90. The van der Waals surface area contributed by atoms with Crippen molar-refractivity contribution in [2.45, 2.75) is 31.4 Å². The standard InChI is InChI=1S/C28H24F3NO4/c1-18-10-11-19(6-5-8-21(18)28(29,30)31)15-32-23-9-4-2-3-7-22(23)27(16-33,26(32)34)20-12-13-24-25(14-20)36-17-35-24/h3-4,7-14,33H,5-6,15-17H2,1H3/b18-10-,19-11+,21-8+. The summed E-state index contributed by atoms with van der Waals surface area (Å²) >= 11 is 0. The summed E-state index contributed by atoms with van der Waals surface area (Å²) in [6, 6.07) is 5.18. The summed E-state index contributed by atoms with van der Waals surface area (Å²) in [5, 5.41) is 10.7. The number of amides is 1. The topological polar surface area (TPSA) is 59.0 Å². The molecule has 0 aromatic heterocycles. The molecule has 0 spiro atoms. The van der Waals surface area contributed by atoms with Crippen molar-refractivity contribution in [1.82, 2.24) is 4.90 Å². The van der Waals surface area contributed by atoms with Crippen molar-refractivity contribution in [1.29, 1.82) is 0 Å². The number of benzene rings is 1. The number of allylic oxidation sites excluding steroid dienone is 9. The molecule has 0 radical (unpaired) electrons. The van der Waals surface area contributed by atoms with Crippen LogP contribution in [0.4, 0.5) is 13.2 Å². The molecular formula is C28H24F3NO4. The van der Waals surface area contributed by atoms with E-state index in [1.807, 2.05) is 0 Å². The zero-order valence-electron chi connectivity index (χ0n) is 19.6. The Kier molecular flexibility index (Phi) is 6.02. The molecule has 2 heterocycles. The number of carbonyl (C=O) groups excluding carboxylic acids is 1. The molecule has 1 aromatic carbocycles. The summed E-state index contributed by atoms with van der Waals surface area (Å²) < 4.78 is 50.9. The van der Waals surface area contributed by atoms with Crippen molar-refractivity contribution in [2.75, 3.05) is 19.9 Å². The Morgan fingerprint density at radius 3 is 2.67 bits per heavy atom. The van der Waals surface area contributed by atoms with Crippen molar-refractivity contribution < 1.29 is 32.5 Å². The minimum Gasteiger partial charge on any atom is -0.454 e. The number of hydrogen-bond donors (Lipinski definition) is 1. The molecule has 1 atom stereocenters. The van der Waals surface area contributed by atoms with Crippen LogP contribution in [-0.4, -0.2) is 42.0 Å². The molecule has 4 aliphatic rings. The van der Waals surface area contributed by atoms with Crippen molar-refractivity contribution in [3.8, 4) is 11.5 Å². The Morgan fingerprint density at radius 2 is 1.89 bits per heavy atom. The summed E-state index contributed by atoms with van der Waals surface area (Å²) in [5.41, 5.74) is 3.73. The number of likely N-dealkylation sites (tertiary alicyclic amines) is 1. The second kappa shape index (κ2) is 9.04. The Bertz CT molecular complexity index is 1340. The molecule has 1 fully saturated rings. The van der Waals surface area contributed by atoms with Crippen LogP contribution in [0.5, 0.6) is 11.5 Å². The minimum atomic E-state index is -4.41. The van der Waals surface area contributed by atoms with Gasteiger partial charge in [0.15, 0.2) is 11.5 Å². The maximum absolute atomic E-state index is 14.1. The number of carbonyl (C=O) groups is 1. The third kappa shape index (κ3) is 3.92. The van der Waals surface area contributed by atoms with Crippen molar-refractivity contribution in [3.63, 3.8) is 0 Å². The number of ether oxygens (including phenoxy) is 2. The zero-order valence-corrected chi connectivity index (χ0v) is 19.6. The molecule has 1 unspecified atom stereocenters. The van der Waals surface area contributed by atoms with E-state index in [-0.39, 0.29) is 31.2 Å². The molecule has 5 nitrogen and oxygen atoms in total. The fourth-order valence-corrected chi connectivity index (χ4v) is 5.04. The van der Waals surface area contributed by atoms with Crippen LogP contribution < -0.4 is 9.47 Å². The lowest BCUT2D eigenvalue weighted by molar-refractivity contribution is -0.132. The molecule has 0 bridgehead atoms. The van der Waals surface area contributed by atoms with E-state index in [1.165, 1.54) is 19.1 Å². The molecule has 186 valence electrons. The number of aliphatic hydroxyl groups is 1. The monoisotopic (exact) mass is 495 g/mol. The molecule has 1 saturated heterocycles. The first-order valence-corrected chi connectivity index (χ1v) is 11.6. The number of nitrogens with zero attached hydrogens (tertiary/aromatic N) is 1. The number of rotatable bonds is 4. The third-order valence-corrected chi connectivity index (χ3v) is 6.90. The second-order valence-corrected chi connectivity index (χ2v) is 8.98. The highest BCUT2D eigenvalue weighted by Crippen LogP contribution is 2.49. The Balaban J connectivity index is 1.53. The van der Waals surface area contributed by atoms with E-state index in [1.54, 1.807) is 53.5 Å². The van der Waals surface area contributed by atoms with E-state index in [4.69, 9.17) is 9.47 Å². The van der Waals surface area contributed by atoms with Gasteiger partial charge in [0.1, 0.15) is 5.41 Å². The predicted molar refractivity (Wildman–Crippen MR) is 127 cm³/mol. The van der Waals surface area contributed by atoms with Gasteiger partial charge in [0.25, 0.3) is 0 Å². The number of hydrogen-bond acceptors (Lipinski definition) is 4. The molecule has 36 heavy (non-hydrogen) atoms. The van der Waals surface area contributed by atoms with Gasteiger partial charge in [-0.25, -0.2) is 0 Å². The lowest BCUT2D eigenvalue weighted by atomic mass is 9.75. The summed E-state index contributed by atoms with van der Waals surface area (Å²) in [6.07, 6.45) is 7.39. The fraction of sp³-hybridized carbons (Fsp3) is 0.286. The molecule has 1 aromatic rings. The molecule has 5 rings (SSSR count). The van der Waals surface area contributed by atoms with Crippen LogP contribution in [0.2, 0.25) is 0 Å². The molecule has 2 aliphatic carbocycles. The molecule has 1 N–H and O–H groups in total. The molecule has 8 heteroatoms. The number of aliphatic hydroxyl groups excluding tert-OH is 1. The minimum absolute atomic E-state index is 0.0804. The fourth-order valence-electron chi connectivity index (χ4n) is 5.04. The van der Waals surface area contributed by atoms with E-state index < -0.39 is 23.8 Å². The zero-order chi connectivity index (χ0) is 25.5. The van der Waals surface area contributed by atoms with Gasteiger partial charge in [-0.1, -0.05) is 29.9 Å². The van der Waals surface area contributed by atoms with E-state index in [2.05, 4.69) is 5.73 Å². The largest absolute Gasteiger partial charge is 0.454 e. The predicted octanol–water partition coefficient (Wildman–Crippen LogP) is 5.18. The van der Waals surface area contributed by atoms with Gasteiger partial charge in [-0.05, 0) is 72.9 Å². The van der Waals surface area contributed by atoms with E-state index in [0.29, 0.717) is 34.8 Å². The Hall–Kier alpha value is -3.74. The van der Waals surface area contributed by atoms with Gasteiger partial charge in [0.2, 0.25) is 12.7 Å². The summed E-state index contributed by atoms with van der Waals surface area (Å²) in [4.78, 5) is 15.7. The van der Waals surface area contributed by atoms with Gasteiger partial charge in [-0.15, -0.1) is 5.73 Å². The average molecular weight is 495 g/mol. The molecule has 1 amide bonds. The summed E-state index contributed by atoms with van der Waals surface area (Å²) in [5.74, 6) is 0.741. The van der Waals surface area contributed by atoms with Crippen LogP contribution in [0.1, 0.15) is 25.3 Å². The lowest BCUT2D eigenvalue weighted by Crippen LogP contribution is -2.42. The smallest absolute Gasteiger partial charge is 0.416 e. The van der Waals surface area contributed by atoms with E-state index in [9.17, 15) is 23.1 Å². The molecular weight excluding hydrogens is 471 g/mol. The van der Waals surface area contributed by atoms with Gasteiger partial charge in [0, 0.05) is 12.2 Å². The van der Waals surface area contributed by atoms with E-state index in [0.717, 1.165) is 5.57 Å². The number of fused-ring (bicyclic) bond motifs is 2. The lowest BCUT2D eigenvalue weighted by Gasteiger charge is -2.27. The van der Waals surface area contributed by atoms with E-state index >= 15 is 0 Å². The van der Waals surface area contributed by atoms with Crippen LogP contribution >= 0.6 is 0 Å². The first-order valence-electron chi connectivity index (χ1n) is 11.6. The van der Waals surface area contributed by atoms with Gasteiger partial charge < -0.3 is 19.5 Å². The highest BCUT2D eigenvalue weighted by Gasteiger charge is 2.54. The van der Waals surface area contributed by atoms with Crippen LogP contribution in [-0.2, 0) is 10.2 Å². The first-order chi connectivity index (χ1) is 17.3. The van der Waals surface area contributed by atoms with Crippen molar-refractivity contribution in [2.24, 2.45) is 0 Å². The van der Waals surface area contributed by atoms with Gasteiger partial charge in [-0.3, -0.25) is 4.79 Å². The van der Waals surface area contributed by atoms with Crippen LogP contribution in [0.15, 0.2) is 94.5 Å². The van der Waals surface area contributed by atoms with Gasteiger partial charge in [-0.2, -0.15) is 13.2 Å². The van der Waals surface area contributed by atoms with Crippen LogP contribution in [0.25, 0.3) is 0 Å². The number of halogens is 3. The van der Waals surface area contributed by atoms with Crippen molar-refractivity contribution >= 4 is 5.91 Å². The van der Waals surface area contributed by atoms with Gasteiger partial charge >= 0.3 is 6.18 Å². The molecule has 0 saturated carbocycles. The second-order valence-electron chi connectivity index (χ2n) is 8.98. The summed E-state index contributed by atoms with van der Waals surface area (Å²) in [7, 11) is 0. The quantitative estimate of drug-likeness (QED) is 0.585. The SMILES string of the molecule is CC1=C/C=C(/CN2C(=O)C(CO)(c3ccc4c(c3)OCO4)C3=CC=C=CC=C32)CC/C=C\1C(F)(F)F. The van der Waals surface area contributed by atoms with Gasteiger partial charge in [0.05, 0.1) is 12.2 Å². The average Bonchev–Trinajstić information content (AvgIpc) is 3.28.